The fourth-order valence-corrected chi connectivity index (χ4v) is 2.52. The average Bonchev–Trinajstić information content (AvgIpc) is 2.64. The molecular formula is C18H17N5O4. The van der Waals surface area contributed by atoms with Crippen LogP contribution in [0.25, 0.3) is 5.69 Å². The van der Waals surface area contributed by atoms with E-state index in [1.807, 2.05) is 0 Å². The number of carbonyl (C=O) groups is 1. The Morgan fingerprint density at radius 3 is 2.63 bits per heavy atom. The Morgan fingerprint density at radius 1 is 1.19 bits per heavy atom. The Labute approximate surface area is 152 Å². The van der Waals surface area contributed by atoms with Crippen molar-refractivity contribution in [2.45, 2.75) is 13.5 Å². The maximum Gasteiger partial charge on any atom is 0.333 e. The lowest BCUT2D eigenvalue weighted by atomic mass is 10.2. The summed E-state index contributed by atoms with van der Waals surface area (Å²) >= 11 is 0. The average molecular weight is 367 g/mol. The molecule has 0 saturated heterocycles. The van der Waals surface area contributed by atoms with Crippen molar-refractivity contribution >= 4 is 5.91 Å². The first kappa shape index (κ1) is 18.1. The molecule has 0 atom stereocenters. The lowest BCUT2D eigenvalue weighted by molar-refractivity contribution is 0.0949. The van der Waals surface area contributed by atoms with Crippen molar-refractivity contribution < 1.29 is 4.79 Å². The molecule has 138 valence electrons. The van der Waals surface area contributed by atoms with Crippen LogP contribution in [-0.4, -0.2) is 31.6 Å². The number of rotatable bonds is 5. The van der Waals surface area contributed by atoms with Crippen LogP contribution in [0.4, 0.5) is 0 Å². The summed E-state index contributed by atoms with van der Waals surface area (Å²) in [5.74, 6) is -0.644. The van der Waals surface area contributed by atoms with Crippen LogP contribution >= 0.6 is 0 Å². The number of hydrogen-bond donors (Lipinski definition) is 2. The van der Waals surface area contributed by atoms with Crippen LogP contribution in [-0.2, 0) is 6.54 Å². The highest BCUT2D eigenvalue weighted by Crippen LogP contribution is 2.01. The molecule has 2 heterocycles. The zero-order chi connectivity index (χ0) is 19.4. The van der Waals surface area contributed by atoms with Gasteiger partial charge in [0, 0.05) is 31.0 Å². The molecule has 0 unspecified atom stereocenters. The van der Waals surface area contributed by atoms with Gasteiger partial charge in [0.15, 0.2) is 0 Å². The highest BCUT2D eigenvalue weighted by Gasteiger charge is 2.15. The van der Waals surface area contributed by atoms with E-state index in [4.69, 9.17) is 0 Å². The molecular weight excluding hydrogens is 350 g/mol. The van der Waals surface area contributed by atoms with Gasteiger partial charge in [-0.3, -0.25) is 19.0 Å². The summed E-state index contributed by atoms with van der Waals surface area (Å²) in [6, 6.07) is 9.69. The number of para-hydroxylation sites is 1. The van der Waals surface area contributed by atoms with Crippen molar-refractivity contribution in [3.63, 3.8) is 0 Å². The molecule has 9 heteroatoms. The lowest BCUT2D eigenvalue weighted by Crippen LogP contribution is -2.40. The number of aryl methyl sites for hydroxylation is 1. The van der Waals surface area contributed by atoms with Crippen molar-refractivity contribution in [3.05, 3.63) is 91.4 Å². The standard InChI is InChI=1S/C18H17N5O4/c1-12-9-15(24)22(11-21-12)8-7-19-16(25)14-10-20-18(27)23(17(14)26)13-5-3-2-4-6-13/h2-6,9-11H,7-8H2,1H3,(H,19,25)(H,20,27). The summed E-state index contributed by atoms with van der Waals surface area (Å²) in [7, 11) is 0. The van der Waals surface area contributed by atoms with E-state index in [0.29, 0.717) is 11.4 Å². The van der Waals surface area contributed by atoms with Gasteiger partial charge in [-0.05, 0) is 19.1 Å². The van der Waals surface area contributed by atoms with Gasteiger partial charge in [-0.25, -0.2) is 14.3 Å². The molecule has 3 rings (SSSR count). The summed E-state index contributed by atoms with van der Waals surface area (Å²) in [5.41, 5.74) is -0.831. The molecule has 0 bridgehead atoms. The number of aromatic amines is 1. The smallest absolute Gasteiger partial charge is 0.333 e. The van der Waals surface area contributed by atoms with Crippen LogP contribution in [0.5, 0.6) is 0 Å². The Balaban J connectivity index is 1.78. The first-order valence-electron chi connectivity index (χ1n) is 8.19. The number of aromatic nitrogens is 4. The Bertz CT molecular complexity index is 1140. The molecule has 1 amide bonds. The third-order valence-corrected chi connectivity index (χ3v) is 3.89. The molecule has 27 heavy (non-hydrogen) atoms. The molecule has 0 saturated carbocycles. The number of carbonyl (C=O) groups excluding carboxylic acids is 1. The van der Waals surface area contributed by atoms with Gasteiger partial charge >= 0.3 is 5.69 Å². The number of H-pyrrole nitrogens is 1. The molecule has 2 aromatic heterocycles. The van der Waals surface area contributed by atoms with Gasteiger partial charge in [0.05, 0.1) is 12.0 Å². The summed E-state index contributed by atoms with van der Waals surface area (Å²) in [6.45, 7) is 2.03. The van der Waals surface area contributed by atoms with Crippen molar-refractivity contribution in [1.82, 2.24) is 24.4 Å². The Hall–Kier alpha value is -3.75. The molecule has 0 aliphatic carbocycles. The minimum atomic E-state index is -0.725. The van der Waals surface area contributed by atoms with Crippen molar-refractivity contribution in [2.75, 3.05) is 6.54 Å². The zero-order valence-electron chi connectivity index (χ0n) is 14.5. The number of amides is 1. The SMILES string of the molecule is Cc1cc(=O)n(CCNC(=O)c2c[nH]c(=O)n(-c3ccccc3)c2=O)cn1. The minimum absolute atomic E-state index is 0.118. The van der Waals surface area contributed by atoms with E-state index in [2.05, 4.69) is 15.3 Å². The molecule has 0 radical (unpaired) electrons. The highest BCUT2D eigenvalue weighted by atomic mass is 16.2. The third kappa shape index (κ3) is 3.92. The van der Waals surface area contributed by atoms with Gasteiger partial charge < -0.3 is 10.3 Å². The monoisotopic (exact) mass is 367 g/mol. The van der Waals surface area contributed by atoms with E-state index >= 15 is 0 Å². The number of nitrogens with one attached hydrogen (secondary N) is 2. The van der Waals surface area contributed by atoms with Crippen LogP contribution in [0.1, 0.15) is 16.1 Å². The van der Waals surface area contributed by atoms with Gasteiger partial charge in [-0.1, -0.05) is 18.2 Å². The van der Waals surface area contributed by atoms with E-state index in [0.717, 1.165) is 10.8 Å². The fraction of sp³-hybridized carbons (Fsp3) is 0.167. The predicted molar refractivity (Wildman–Crippen MR) is 98.2 cm³/mol. The van der Waals surface area contributed by atoms with Crippen LogP contribution in [0.3, 0.4) is 0 Å². The molecule has 3 aromatic rings. The van der Waals surface area contributed by atoms with E-state index in [1.165, 1.54) is 17.0 Å². The second-order valence-corrected chi connectivity index (χ2v) is 5.80. The van der Waals surface area contributed by atoms with Gasteiger partial charge in [0.1, 0.15) is 5.56 Å². The van der Waals surface area contributed by atoms with Crippen molar-refractivity contribution in [1.29, 1.82) is 0 Å². The first-order valence-corrected chi connectivity index (χ1v) is 8.19. The lowest BCUT2D eigenvalue weighted by Gasteiger charge is -2.09. The van der Waals surface area contributed by atoms with Crippen molar-refractivity contribution in [2.24, 2.45) is 0 Å². The highest BCUT2D eigenvalue weighted by molar-refractivity contribution is 5.93. The maximum absolute atomic E-state index is 12.6. The molecule has 0 fully saturated rings. The predicted octanol–water partition coefficient (Wildman–Crippen LogP) is -0.179. The Morgan fingerprint density at radius 2 is 1.93 bits per heavy atom. The summed E-state index contributed by atoms with van der Waals surface area (Å²) in [5, 5.41) is 2.57. The molecule has 1 aromatic carbocycles. The summed E-state index contributed by atoms with van der Waals surface area (Å²) in [4.78, 5) is 55.1. The van der Waals surface area contributed by atoms with E-state index in [1.54, 1.807) is 37.3 Å². The second kappa shape index (κ2) is 7.65. The van der Waals surface area contributed by atoms with E-state index < -0.39 is 17.2 Å². The van der Waals surface area contributed by atoms with E-state index in [-0.39, 0.29) is 24.2 Å². The number of nitrogens with zero attached hydrogens (tertiary/aromatic N) is 3. The van der Waals surface area contributed by atoms with Gasteiger partial charge in [0.25, 0.3) is 17.0 Å². The van der Waals surface area contributed by atoms with Crippen LogP contribution in [0, 0.1) is 6.92 Å². The second-order valence-electron chi connectivity index (χ2n) is 5.80. The van der Waals surface area contributed by atoms with Crippen LogP contribution in [0.15, 0.2) is 63.3 Å². The third-order valence-electron chi connectivity index (χ3n) is 3.89. The zero-order valence-corrected chi connectivity index (χ0v) is 14.5. The first-order chi connectivity index (χ1) is 13.0. The molecule has 2 N–H and O–H groups in total. The van der Waals surface area contributed by atoms with Gasteiger partial charge in [-0.15, -0.1) is 0 Å². The number of hydrogen-bond acceptors (Lipinski definition) is 5. The van der Waals surface area contributed by atoms with Gasteiger partial charge in [0.2, 0.25) is 0 Å². The van der Waals surface area contributed by atoms with Crippen molar-refractivity contribution in [3.8, 4) is 5.69 Å². The fourth-order valence-electron chi connectivity index (χ4n) is 2.52. The Kier molecular flexibility index (Phi) is 5.11. The normalized spacial score (nSPS) is 10.6. The topological polar surface area (TPSA) is 119 Å². The minimum Gasteiger partial charge on any atom is -0.350 e. The van der Waals surface area contributed by atoms with Gasteiger partial charge in [-0.2, -0.15) is 0 Å². The molecule has 0 spiro atoms. The molecule has 0 aliphatic rings. The number of benzene rings is 1. The quantitative estimate of drug-likeness (QED) is 0.648. The summed E-state index contributed by atoms with van der Waals surface area (Å²) in [6.07, 6.45) is 2.48. The van der Waals surface area contributed by atoms with Crippen LogP contribution in [0.2, 0.25) is 0 Å². The maximum atomic E-state index is 12.6. The molecule has 0 aliphatic heterocycles. The molecule has 9 nitrogen and oxygen atoms in total. The largest absolute Gasteiger partial charge is 0.350 e. The van der Waals surface area contributed by atoms with Crippen LogP contribution < -0.4 is 22.1 Å². The van der Waals surface area contributed by atoms with E-state index in [9.17, 15) is 19.2 Å². The summed E-state index contributed by atoms with van der Waals surface area (Å²) < 4.78 is 2.24.